The van der Waals surface area contributed by atoms with Gasteiger partial charge in [-0.1, -0.05) is 18.2 Å². The SMILES string of the molecule is CNCCC1C2CNc3ccccc3C12. The van der Waals surface area contributed by atoms with Crippen LogP contribution < -0.4 is 10.6 Å². The van der Waals surface area contributed by atoms with Crippen LogP contribution in [0.4, 0.5) is 5.69 Å². The molecule has 2 aliphatic rings. The molecular weight excluding hydrogens is 184 g/mol. The van der Waals surface area contributed by atoms with E-state index in [1.54, 1.807) is 5.56 Å². The molecule has 1 heterocycles. The van der Waals surface area contributed by atoms with Crippen molar-refractivity contribution >= 4 is 5.69 Å². The fourth-order valence-corrected chi connectivity index (χ4v) is 3.07. The van der Waals surface area contributed by atoms with Gasteiger partial charge in [0.25, 0.3) is 0 Å². The summed E-state index contributed by atoms with van der Waals surface area (Å²) in [5.41, 5.74) is 2.92. The fraction of sp³-hybridized carbons (Fsp3) is 0.538. The van der Waals surface area contributed by atoms with E-state index >= 15 is 0 Å². The zero-order valence-corrected chi connectivity index (χ0v) is 9.16. The molecule has 2 heteroatoms. The normalized spacial score (nSPS) is 31.4. The van der Waals surface area contributed by atoms with Crippen LogP contribution in [-0.4, -0.2) is 20.1 Å². The molecule has 1 aromatic carbocycles. The average Bonchev–Trinajstić information content (AvgIpc) is 3.00. The lowest BCUT2D eigenvalue weighted by atomic mass is 10.0. The van der Waals surface area contributed by atoms with Gasteiger partial charge in [-0.05, 0) is 49.4 Å². The summed E-state index contributed by atoms with van der Waals surface area (Å²) in [6.07, 6.45) is 1.32. The molecule has 0 aromatic heterocycles. The van der Waals surface area contributed by atoms with Gasteiger partial charge in [-0.2, -0.15) is 0 Å². The van der Waals surface area contributed by atoms with Crippen molar-refractivity contribution < 1.29 is 0 Å². The number of hydrogen-bond donors (Lipinski definition) is 2. The Morgan fingerprint density at radius 2 is 2.27 bits per heavy atom. The molecule has 0 saturated heterocycles. The molecule has 0 spiro atoms. The summed E-state index contributed by atoms with van der Waals surface area (Å²) in [7, 11) is 2.04. The average molecular weight is 202 g/mol. The van der Waals surface area contributed by atoms with Gasteiger partial charge in [-0.15, -0.1) is 0 Å². The molecule has 80 valence electrons. The van der Waals surface area contributed by atoms with Crippen LogP contribution >= 0.6 is 0 Å². The third-order valence-electron chi connectivity index (χ3n) is 3.91. The summed E-state index contributed by atoms with van der Waals surface area (Å²) < 4.78 is 0. The van der Waals surface area contributed by atoms with Crippen molar-refractivity contribution in [2.75, 3.05) is 25.5 Å². The van der Waals surface area contributed by atoms with Crippen LogP contribution in [0.25, 0.3) is 0 Å². The summed E-state index contributed by atoms with van der Waals surface area (Å²) in [4.78, 5) is 0. The maximum atomic E-state index is 3.54. The second-order valence-corrected chi connectivity index (χ2v) is 4.71. The molecular formula is C13H18N2. The highest BCUT2D eigenvalue weighted by Crippen LogP contribution is 2.59. The number of hydrogen-bond acceptors (Lipinski definition) is 2. The van der Waals surface area contributed by atoms with Crippen molar-refractivity contribution in [2.24, 2.45) is 11.8 Å². The Kier molecular flexibility index (Phi) is 2.17. The van der Waals surface area contributed by atoms with Crippen LogP contribution in [0, 0.1) is 11.8 Å². The van der Waals surface area contributed by atoms with E-state index in [0.29, 0.717) is 0 Å². The Hall–Kier alpha value is -1.02. The third kappa shape index (κ3) is 1.44. The van der Waals surface area contributed by atoms with Gasteiger partial charge in [0.1, 0.15) is 0 Å². The summed E-state index contributed by atoms with van der Waals surface area (Å²) >= 11 is 0. The van der Waals surface area contributed by atoms with Crippen LogP contribution in [0.3, 0.4) is 0 Å². The number of rotatable bonds is 3. The molecule has 3 rings (SSSR count). The van der Waals surface area contributed by atoms with Gasteiger partial charge in [0, 0.05) is 12.2 Å². The first-order valence-corrected chi connectivity index (χ1v) is 5.89. The minimum absolute atomic E-state index is 0.843. The minimum atomic E-state index is 0.843. The van der Waals surface area contributed by atoms with E-state index in [2.05, 4.69) is 34.9 Å². The van der Waals surface area contributed by atoms with Crippen LogP contribution in [0.2, 0.25) is 0 Å². The standard InChI is InChI=1S/C13H18N2/c1-14-7-6-9-11-8-15-12-5-3-2-4-10(12)13(9)11/h2-5,9,11,13-15H,6-8H2,1H3. The zero-order valence-electron chi connectivity index (χ0n) is 9.16. The predicted octanol–water partition coefficient (Wildman–Crippen LogP) is 2.05. The predicted molar refractivity (Wildman–Crippen MR) is 63.2 cm³/mol. The Morgan fingerprint density at radius 1 is 1.40 bits per heavy atom. The van der Waals surface area contributed by atoms with Crippen LogP contribution in [0.1, 0.15) is 17.9 Å². The topological polar surface area (TPSA) is 24.1 Å². The molecule has 1 fully saturated rings. The third-order valence-corrected chi connectivity index (χ3v) is 3.91. The maximum Gasteiger partial charge on any atom is 0.0375 e. The van der Waals surface area contributed by atoms with Gasteiger partial charge < -0.3 is 10.6 Å². The van der Waals surface area contributed by atoms with Crippen molar-refractivity contribution in [3.05, 3.63) is 29.8 Å². The summed E-state index contributed by atoms with van der Waals surface area (Å²) in [6, 6.07) is 8.78. The van der Waals surface area contributed by atoms with E-state index in [4.69, 9.17) is 0 Å². The number of fused-ring (bicyclic) bond motifs is 3. The number of para-hydroxylation sites is 1. The van der Waals surface area contributed by atoms with Crippen molar-refractivity contribution in [3.63, 3.8) is 0 Å². The highest BCUT2D eigenvalue weighted by atomic mass is 14.9. The highest BCUT2D eigenvalue weighted by molar-refractivity contribution is 5.58. The summed E-state index contributed by atoms with van der Waals surface area (Å²) in [6.45, 7) is 2.33. The molecule has 0 radical (unpaired) electrons. The van der Waals surface area contributed by atoms with Gasteiger partial charge >= 0.3 is 0 Å². The molecule has 2 N–H and O–H groups in total. The van der Waals surface area contributed by atoms with E-state index in [-0.39, 0.29) is 0 Å². The lowest BCUT2D eigenvalue weighted by Gasteiger charge is -2.16. The van der Waals surface area contributed by atoms with Crippen molar-refractivity contribution in [1.29, 1.82) is 0 Å². The van der Waals surface area contributed by atoms with E-state index in [1.165, 1.54) is 18.7 Å². The Labute approximate surface area is 91.1 Å². The first kappa shape index (κ1) is 9.22. The van der Waals surface area contributed by atoms with Gasteiger partial charge in [-0.25, -0.2) is 0 Å². The van der Waals surface area contributed by atoms with Crippen LogP contribution in [0.15, 0.2) is 24.3 Å². The molecule has 15 heavy (non-hydrogen) atoms. The molecule has 1 aliphatic heterocycles. The highest BCUT2D eigenvalue weighted by Gasteiger charge is 2.52. The van der Waals surface area contributed by atoms with E-state index < -0.39 is 0 Å². The molecule has 3 atom stereocenters. The number of nitrogens with one attached hydrogen (secondary N) is 2. The van der Waals surface area contributed by atoms with Crippen LogP contribution in [-0.2, 0) is 0 Å². The Bertz CT molecular complexity index is 361. The molecule has 0 amide bonds. The summed E-state index contributed by atoms with van der Waals surface area (Å²) in [5, 5.41) is 6.79. The first-order valence-electron chi connectivity index (χ1n) is 5.89. The summed E-state index contributed by atoms with van der Waals surface area (Å²) in [5.74, 6) is 2.65. The second-order valence-electron chi connectivity index (χ2n) is 4.71. The number of benzene rings is 1. The lowest BCUT2D eigenvalue weighted by Crippen LogP contribution is -2.11. The quantitative estimate of drug-likeness (QED) is 0.784. The molecule has 1 aromatic rings. The second kappa shape index (κ2) is 3.53. The molecule has 1 saturated carbocycles. The van der Waals surface area contributed by atoms with Crippen molar-refractivity contribution in [2.45, 2.75) is 12.3 Å². The molecule has 0 bridgehead atoms. The lowest BCUT2D eigenvalue weighted by molar-refractivity contribution is 0.622. The smallest absolute Gasteiger partial charge is 0.0375 e. The van der Waals surface area contributed by atoms with Gasteiger partial charge in [0.15, 0.2) is 0 Å². The van der Waals surface area contributed by atoms with E-state index in [9.17, 15) is 0 Å². The monoisotopic (exact) mass is 202 g/mol. The minimum Gasteiger partial charge on any atom is -0.385 e. The maximum absolute atomic E-state index is 3.54. The number of anilines is 1. The van der Waals surface area contributed by atoms with Gasteiger partial charge in [0.05, 0.1) is 0 Å². The van der Waals surface area contributed by atoms with Gasteiger partial charge in [0.2, 0.25) is 0 Å². The Morgan fingerprint density at radius 3 is 3.13 bits per heavy atom. The Balaban J connectivity index is 1.78. The largest absolute Gasteiger partial charge is 0.385 e. The van der Waals surface area contributed by atoms with Crippen LogP contribution in [0.5, 0.6) is 0 Å². The first-order chi connectivity index (χ1) is 7.42. The van der Waals surface area contributed by atoms with Gasteiger partial charge in [-0.3, -0.25) is 0 Å². The molecule has 1 aliphatic carbocycles. The van der Waals surface area contributed by atoms with Crippen molar-refractivity contribution in [3.8, 4) is 0 Å². The van der Waals surface area contributed by atoms with E-state index in [0.717, 1.165) is 24.3 Å². The molecule has 3 unspecified atom stereocenters. The van der Waals surface area contributed by atoms with Crippen molar-refractivity contribution in [1.82, 2.24) is 5.32 Å². The van der Waals surface area contributed by atoms with E-state index in [1.807, 2.05) is 7.05 Å². The fourth-order valence-electron chi connectivity index (χ4n) is 3.07. The molecule has 2 nitrogen and oxygen atoms in total. The zero-order chi connectivity index (χ0) is 10.3.